The van der Waals surface area contributed by atoms with Crippen LogP contribution >= 0.6 is 0 Å². The molecule has 2 N–H and O–H groups in total. The highest BCUT2D eigenvalue weighted by Crippen LogP contribution is 2.24. The number of rotatable bonds is 7. The number of hydrogen-bond acceptors (Lipinski definition) is 4. The summed E-state index contributed by atoms with van der Waals surface area (Å²) in [4.78, 5) is 22.4. The SMILES string of the molecule is CC(CCC(=O)O)CC(=O)Oc1ccc(-c2ccc(O)cc2)cc1. The first-order chi connectivity index (χ1) is 11.4. The molecule has 24 heavy (non-hydrogen) atoms. The molecule has 0 aliphatic carbocycles. The van der Waals surface area contributed by atoms with E-state index in [1.165, 1.54) is 0 Å². The summed E-state index contributed by atoms with van der Waals surface area (Å²) in [7, 11) is 0. The zero-order valence-corrected chi connectivity index (χ0v) is 13.4. The predicted molar refractivity (Wildman–Crippen MR) is 89.8 cm³/mol. The average molecular weight is 328 g/mol. The molecule has 1 atom stereocenters. The summed E-state index contributed by atoms with van der Waals surface area (Å²) in [6.07, 6.45) is 0.687. The fourth-order valence-electron chi connectivity index (χ4n) is 2.30. The van der Waals surface area contributed by atoms with Gasteiger partial charge >= 0.3 is 11.9 Å². The largest absolute Gasteiger partial charge is 0.508 e. The van der Waals surface area contributed by atoms with E-state index in [1.54, 1.807) is 36.4 Å². The Bertz CT molecular complexity index is 689. The predicted octanol–water partition coefficient (Wildman–Crippen LogP) is 3.86. The standard InChI is InChI=1S/C19H20O5/c1-13(2-11-18(21)22)12-19(23)24-17-9-5-15(6-10-17)14-3-7-16(20)8-4-14/h3-10,13,20H,2,11-12H2,1H3,(H,21,22). The molecule has 0 aliphatic heterocycles. The van der Waals surface area contributed by atoms with Gasteiger partial charge in [0.05, 0.1) is 0 Å². The van der Waals surface area contributed by atoms with E-state index >= 15 is 0 Å². The molecule has 0 radical (unpaired) electrons. The number of phenols is 1. The summed E-state index contributed by atoms with van der Waals surface area (Å²) in [5, 5.41) is 17.9. The van der Waals surface area contributed by atoms with Crippen LogP contribution in [0.25, 0.3) is 11.1 Å². The number of aliphatic carboxylic acids is 1. The average Bonchev–Trinajstić information content (AvgIpc) is 2.54. The van der Waals surface area contributed by atoms with E-state index in [4.69, 9.17) is 9.84 Å². The number of carboxylic acid groups (broad SMARTS) is 1. The molecule has 0 saturated carbocycles. The number of carbonyl (C=O) groups excluding carboxylic acids is 1. The zero-order valence-electron chi connectivity index (χ0n) is 13.4. The number of carbonyl (C=O) groups is 2. The summed E-state index contributed by atoms with van der Waals surface area (Å²) in [6, 6.07) is 13.9. The van der Waals surface area contributed by atoms with E-state index in [2.05, 4.69) is 0 Å². The molecule has 2 aromatic rings. The van der Waals surface area contributed by atoms with Crippen molar-refractivity contribution in [2.75, 3.05) is 0 Å². The molecule has 5 heteroatoms. The first-order valence-electron chi connectivity index (χ1n) is 7.76. The third kappa shape index (κ3) is 5.43. The molecule has 0 amide bonds. The van der Waals surface area contributed by atoms with Crippen molar-refractivity contribution in [3.63, 3.8) is 0 Å². The molecule has 0 fully saturated rings. The van der Waals surface area contributed by atoms with Gasteiger partial charge in [-0.15, -0.1) is 0 Å². The van der Waals surface area contributed by atoms with Gasteiger partial charge in [-0.1, -0.05) is 31.2 Å². The minimum atomic E-state index is -0.861. The zero-order chi connectivity index (χ0) is 17.5. The number of hydrogen-bond donors (Lipinski definition) is 2. The summed E-state index contributed by atoms with van der Waals surface area (Å²) in [5.74, 6) is -0.607. The van der Waals surface area contributed by atoms with Gasteiger partial charge in [0, 0.05) is 12.8 Å². The van der Waals surface area contributed by atoms with Gasteiger partial charge in [-0.25, -0.2) is 0 Å². The Labute approximate surface area is 140 Å². The van der Waals surface area contributed by atoms with Crippen LogP contribution < -0.4 is 4.74 Å². The van der Waals surface area contributed by atoms with E-state index in [-0.39, 0.29) is 30.5 Å². The minimum absolute atomic E-state index is 0.0372. The van der Waals surface area contributed by atoms with Crippen LogP contribution in [0, 0.1) is 5.92 Å². The van der Waals surface area contributed by atoms with Crippen LogP contribution in [0.1, 0.15) is 26.2 Å². The topological polar surface area (TPSA) is 83.8 Å². The molecular weight excluding hydrogens is 308 g/mol. The lowest BCUT2D eigenvalue weighted by Gasteiger charge is -2.10. The maximum Gasteiger partial charge on any atom is 0.311 e. The molecule has 126 valence electrons. The van der Waals surface area contributed by atoms with E-state index in [9.17, 15) is 14.7 Å². The number of aromatic hydroxyl groups is 1. The van der Waals surface area contributed by atoms with Crippen molar-refractivity contribution in [1.82, 2.24) is 0 Å². The maximum atomic E-state index is 11.9. The fourth-order valence-corrected chi connectivity index (χ4v) is 2.30. The third-order valence-electron chi connectivity index (χ3n) is 3.65. The molecule has 5 nitrogen and oxygen atoms in total. The van der Waals surface area contributed by atoms with Crippen molar-refractivity contribution < 1.29 is 24.5 Å². The van der Waals surface area contributed by atoms with Crippen LogP contribution in [0.4, 0.5) is 0 Å². The van der Waals surface area contributed by atoms with E-state index < -0.39 is 5.97 Å². The van der Waals surface area contributed by atoms with Crippen LogP contribution in [-0.2, 0) is 9.59 Å². The Hall–Kier alpha value is -2.82. The number of ether oxygens (including phenoxy) is 1. The van der Waals surface area contributed by atoms with Gasteiger partial charge in [-0.05, 0) is 47.7 Å². The smallest absolute Gasteiger partial charge is 0.311 e. The van der Waals surface area contributed by atoms with Crippen LogP contribution in [0.3, 0.4) is 0 Å². The Morgan fingerprint density at radius 2 is 1.54 bits per heavy atom. The Balaban J connectivity index is 1.90. The number of benzene rings is 2. The van der Waals surface area contributed by atoms with Gasteiger partial charge in [0.15, 0.2) is 0 Å². The van der Waals surface area contributed by atoms with Crippen LogP contribution in [0.15, 0.2) is 48.5 Å². The highest BCUT2D eigenvalue weighted by atomic mass is 16.5. The van der Waals surface area contributed by atoms with Gasteiger partial charge in [0.1, 0.15) is 11.5 Å². The monoisotopic (exact) mass is 328 g/mol. The molecule has 2 rings (SSSR count). The van der Waals surface area contributed by atoms with E-state index in [0.29, 0.717) is 12.2 Å². The summed E-state index contributed by atoms with van der Waals surface area (Å²) < 4.78 is 5.28. The molecule has 1 unspecified atom stereocenters. The molecule has 0 spiro atoms. The summed E-state index contributed by atoms with van der Waals surface area (Å²) in [6.45, 7) is 1.83. The second-order valence-corrected chi connectivity index (χ2v) is 5.79. The molecule has 0 heterocycles. The second kappa shape index (κ2) is 8.15. The van der Waals surface area contributed by atoms with Crippen LogP contribution in [0.2, 0.25) is 0 Å². The minimum Gasteiger partial charge on any atom is -0.508 e. The Morgan fingerprint density at radius 1 is 1.00 bits per heavy atom. The second-order valence-electron chi connectivity index (χ2n) is 5.79. The summed E-state index contributed by atoms with van der Waals surface area (Å²) in [5.41, 5.74) is 1.90. The van der Waals surface area contributed by atoms with Gasteiger partial charge in [-0.3, -0.25) is 9.59 Å². The van der Waals surface area contributed by atoms with Crippen molar-refractivity contribution in [3.8, 4) is 22.6 Å². The lowest BCUT2D eigenvalue weighted by molar-refractivity contribution is -0.139. The van der Waals surface area contributed by atoms with Gasteiger partial charge < -0.3 is 14.9 Å². The quantitative estimate of drug-likeness (QED) is 0.595. The highest BCUT2D eigenvalue weighted by molar-refractivity contribution is 5.73. The van der Waals surface area contributed by atoms with Crippen molar-refractivity contribution in [3.05, 3.63) is 48.5 Å². The number of esters is 1. The van der Waals surface area contributed by atoms with Crippen LogP contribution in [-0.4, -0.2) is 22.2 Å². The lowest BCUT2D eigenvalue weighted by Crippen LogP contribution is -2.13. The number of phenolic OH excluding ortho intramolecular Hbond substituents is 1. The van der Waals surface area contributed by atoms with Crippen molar-refractivity contribution in [2.24, 2.45) is 5.92 Å². The van der Waals surface area contributed by atoms with E-state index in [1.807, 2.05) is 19.1 Å². The molecule has 0 aromatic heterocycles. The summed E-state index contributed by atoms with van der Waals surface area (Å²) >= 11 is 0. The van der Waals surface area contributed by atoms with Crippen molar-refractivity contribution in [1.29, 1.82) is 0 Å². The molecule has 2 aromatic carbocycles. The Morgan fingerprint density at radius 3 is 2.08 bits per heavy atom. The van der Waals surface area contributed by atoms with Gasteiger partial charge in [0.2, 0.25) is 0 Å². The Kier molecular flexibility index (Phi) is 5.95. The lowest BCUT2D eigenvalue weighted by atomic mass is 10.0. The van der Waals surface area contributed by atoms with Crippen molar-refractivity contribution >= 4 is 11.9 Å². The molecule has 0 aliphatic rings. The highest BCUT2D eigenvalue weighted by Gasteiger charge is 2.13. The maximum absolute atomic E-state index is 11.9. The number of carboxylic acids is 1. The third-order valence-corrected chi connectivity index (χ3v) is 3.65. The first kappa shape index (κ1) is 17.5. The first-order valence-corrected chi connectivity index (χ1v) is 7.76. The van der Waals surface area contributed by atoms with Gasteiger partial charge in [-0.2, -0.15) is 0 Å². The van der Waals surface area contributed by atoms with Crippen molar-refractivity contribution in [2.45, 2.75) is 26.2 Å². The molecular formula is C19H20O5. The van der Waals surface area contributed by atoms with Gasteiger partial charge in [0.25, 0.3) is 0 Å². The van der Waals surface area contributed by atoms with E-state index in [0.717, 1.165) is 11.1 Å². The van der Waals surface area contributed by atoms with Crippen LogP contribution in [0.5, 0.6) is 11.5 Å². The molecule has 0 saturated heterocycles. The normalized spacial score (nSPS) is 11.7. The fraction of sp³-hybridized carbons (Fsp3) is 0.263. The molecule has 0 bridgehead atoms.